The third-order valence-corrected chi connectivity index (χ3v) is 2.81. The number of benzene rings is 1. The van der Waals surface area contributed by atoms with Gasteiger partial charge in [0.05, 0.1) is 5.92 Å². The van der Waals surface area contributed by atoms with Gasteiger partial charge < -0.3 is 10.4 Å². The fraction of sp³-hybridized carbons (Fsp3) is 0.462. The average Bonchev–Trinajstić information content (AvgIpc) is 2.25. The van der Waals surface area contributed by atoms with E-state index in [1.54, 1.807) is 6.92 Å². The Hall–Kier alpha value is -1.35. The lowest BCUT2D eigenvalue weighted by atomic mass is 10.0. The lowest BCUT2D eigenvalue weighted by Gasteiger charge is -2.17. The molecule has 1 aromatic rings. The number of aryl methyl sites for hydroxylation is 1. The lowest BCUT2D eigenvalue weighted by molar-refractivity contribution is -0.140. The number of carboxylic acid groups (broad SMARTS) is 1. The SMILES string of the molecule is Cc1ccccc1[C@H](C)NCC(C)C(=O)O. The molecular weight excluding hydrogens is 202 g/mol. The highest BCUT2D eigenvalue weighted by Crippen LogP contribution is 2.16. The summed E-state index contributed by atoms with van der Waals surface area (Å²) in [6.07, 6.45) is 0. The summed E-state index contributed by atoms with van der Waals surface area (Å²) in [5.74, 6) is -1.11. The second-order valence-corrected chi connectivity index (χ2v) is 4.23. The van der Waals surface area contributed by atoms with E-state index in [1.807, 2.05) is 12.1 Å². The van der Waals surface area contributed by atoms with Crippen LogP contribution in [0, 0.1) is 12.8 Å². The van der Waals surface area contributed by atoms with Crippen molar-refractivity contribution >= 4 is 5.97 Å². The predicted octanol–water partition coefficient (Wildman–Crippen LogP) is 2.37. The number of hydrogen-bond donors (Lipinski definition) is 2. The van der Waals surface area contributed by atoms with Crippen molar-refractivity contribution in [1.82, 2.24) is 5.32 Å². The van der Waals surface area contributed by atoms with Crippen LogP contribution in [0.2, 0.25) is 0 Å². The highest BCUT2D eigenvalue weighted by Gasteiger charge is 2.13. The van der Waals surface area contributed by atoms with Crippen LogP contribution < -0.4 is 5.32 Å². The molecule has 0 aliphatic rings. The average molecular weight is 221 g/mol. The van der Waals surface area contributed by atoms with Crippen molar-refractivity contribution in [1.29, 1.82) is 0 Å². The highest BCUT2D eigenvalue weighted by molar-refractivity contribution is 5.69. The Morgan fingerprint density at radius 1 is 1.38 bits per heavy atom. The largest absolute Gasteiger partial charge is 0.481 e. The number of carbonyl (C=O) groups is 1. The normalized spacial score (nSPS) is 14.4. The van der Waals surface area contributed by atoms with Crippen molar-refractivity contribution in [3.8, 4) is 0 Å². The van der Waals surface area contributed by atoms with E-state index in [4.69, 9.17) is 5.11 Å². The molecule has 0 amide bonds. The molecule has 88 valence electrons. The predicted molar refractivity (Wildman–Crippen MR) is 64.4 cm³/mol. The molecule has 16 heavy (non-hydrogen) atoms. The number of nitrogens with one attached hydrogen (secondary N) is 1. The maximum atomic E-state index is 10.7. The van der Waals surface area contributed by atoms with Gasteiger partial charge in [0, 0.05) is 12.6 Å². The van der Waals surface area contributed by atoms with Crippen LogP contribution in [0.3, 0.4) is 0 Å². The van der Waals surface area contributed by atoms with Crippen molar-refractivity contribution in [3.05, 3.63) is 35.4 Å². The van der Waals surface area contributed by atoms with Gasteiger partial charge in [-0.25, -0.2) is 0 Å². The van der Waals surface area contributed by atoms with E-state index in [-0.39, 0.29) is 12.0 Å². The Balaban J connectivity index is 2.56. The monoisotopic (exact) mass is 221 g/mol. The third kappa shape index (κ3) is 3.35. The first kappa shape index (κ1) is 12.7. The molecule has 3 heteroatoms. The maximum Gasteiger partial charge on any atom is 0.307 e. The molecule has 0 heterocycles. The summed E-state index contributed by atoms with van der Waals surface area (Å²) in [5.41, 5.74) is 2.45. The first-order chi connectivity index (χ1) is 7.52. The standard InChI is InChI=1S/C13H19NO2/c1-9-6-4-5-7-12(9)11(3)14-8-10(2)13(15)16/h4-7,10-11,14H,8H2,1-3H3,(H,15,16)/t10?,11-/m0/s1. The zero-order valence-corrected chi connectivity index (χ0v) is 10.0. The minimum absolute atomic E-state index is 0.183. The van der Waals surface area contributed by atoms with Gasteiger partial charge in [-0.3, -0.25) is 4.79 Å². The summed E-state index contributed by atoms with van der Waals surface area (Å²) in [7, 11) is 0. The molecule has 1 rings (SSSR count). The van der Waals surface area contributed by atoms with E-state index in [9.17, 15) is 4.79 Å². The van der Waals surface area contributed by atoms with Gasteiger partial charge in [0.25, 0.3) is 0 Å². The van der Waals surface area contributed by atoms with Crippen molar-refractivity contribution in [2.75, 3.05) is 6.54 Å². The molecule has 0 aliphatic heterocycles. The number of rotatable bonds is 5. The van der Waals surface area contributed by atoms with Gasteiger partial charge in [0.15, 0.2) is 0 Å². The Labute approximate surface area is 96.5 Å². The van der Waals surface area contributed by atoms with Crippen LogP contribution in [0.15, 0.2) is 24.3 Å². The lowest BCUT2D eigenvalue weighted by Crippen LogP contribution is -2.28. The van der Waals surface area contributed by atoms with Crippen molar-refractivity contribution in [3.63, 3.8) is 0 Å². The van der Waals surface area contributed by atoms with Crippen LogP contribution in [0.4, 0.5) is 0 Å². The zero-order chi connectivity index (χ0) is 12.1. The molecule has 0 bridgehead atoms. The van der Waals surface area contributed by atoms with E-state index >= 15 is 0 Å². The van der Waals surface area contributed by atoms with Crippen LogP contribution in [-0.2, 0) is 4.79 Å². The Morgan fingerprint density at radius 3 is 2.56 bits per heavy atom. The van der Waals surface area contributed by atoms with E-state index in [1.165, 1.54) is 11.1 Å². The van der Waals surface area contributed by atoms with E-state index in [2.05, 4.69) is 31.3 Å². The third-order valence-electron chi connectivity index (χ3n) is 2.81. The Kier molecular flexibility index (Phi) is 4.50. The molecule has 0 fully saturated rings. The van der Waals surface area contributed by atoms with Gasteiger partial charge in [-0.05, 0) is 25.0 Å². The van der Waals surface area contributed by atoms with Crippen LogP contribution in [0.25, 0.3) is 0 Å². The Bertz CT molecular complexity index is 363. The smallest absolute Gasteiger partial charge is 0.307 e. The molecule has 0 aliphatic carbocycles. The summed E-state index contributed by atoms with van der Waals surface area (Å²) in [4.78, 5) is 10.7. The van der Waals surface area contributed by atoms with Gasteiger partial charge in [-0.1, -0.05) is 31.2 Å². The van der Waals surface area contributed by atoms with Crippen LogP contribution in [0.5, 0.6) is 0 Å². The fourth-order valence-electron chi connectivity index (χ4n) is 1.62. The molecule has 0 aromatic heterocycles. The summed E-state index contributed by atoms with van der Waals surface area (Å²) in [6.45, 7) is 6.32. The molecule has 2 atom stereocenters. The fourth-order valence-corrected chi connectivity index (χ4v) is 1.62. The molecule has 3 nitrogen and oxygen atoms in total. The summed E-state index contributed by atoms with van der Waals surface area (Å²) in [6, 6.07) is 8.32. The van der Waals surface area contributed by atoms with Crippen molar-refractivity contribution in [2.45, 2.75) is 26.8 Å². The molecule has 0 saturated carbocycles. The van der Waals surface area contributed by atoms with Gasteiger partial charge in [-0.15, -0.1) is 0 Å². The Morgan fingerprint density at radius 2 is 2.00 bits per heavy atom. The molecule has 0 spiro atoms. The number of carboxylic acids is 1. The zero-order valence-electron chi connectivity index (χ0n) is 10.0. The van der Waals surface area contributed by atoms with Crippen LogP contribution >= 0.6 is 0 Å². The van der Waals surface area contributed by atoms with Gasteiger partial charge in [0.1, 0.15) is 0 Å². The van der Waals surface area contributed by atoms with E-state index in [0.717, 1.165) is 0 Å². The van der Waals surface area contributed by atoms with Crippen LogP contribution in [-0.4, -0.2) is 17.6 Å². The minimum Gasteiger partial charge on any atom is -0.481 e. The van der Waals surface area contributed by atoms with Gasteiger partial charge in [-0.2, -0.15) is 0 Å². The number of hydrogen-bond acceptors (Lipinski definition) is 2. The summed E-state index contributed by atoms with van der Waals surface area (Å²) in [5, 5.41) is 12.0. The van der Waals surface area contributed by atoms with Crippen molar-refractivity contribution in [2.24, 2.45) is 5.92 Å². The highest BCUT2D eigenvalue weighted by atomic mass is 16.4. The maximum absolute atomic E-state index is 10.7. The first-order valence-corrected chi connectivity index (χ1v) is 5.54. The summed E-state index contributed by atoms with van der Waals surface area (Å²) >= 11 is 0. The molecular formula is C13H19NO2. The van der Waals surface area contributed by atoms with Crippen LogP contribution in [0.1, 0.15) is 31.0 Å². The van der Waals surface area contributed by atoms with Gasteiger partial charge in [0.2, 0.25) is 0 Å². The summed E-state index contributed by atoms with van der Waals surface area (Å²) < 4.78 is 0. The molecule has 1 aromatic carbocycles. The second-order valence-electron chi connectivity index (χ2n) is 4.23. The van der Waals surface area contributed by atoms with E-state index in [0.29, 0.717) is 6.54 Å². The second kappa shape index (κ2) is 5.66. The molecule has 2 N–H and O–H groups in total. The van der Waals surface area contributed by atoms with Gasteiger partial charge >= 0.3 is 5.97 Å². The first-order valence-electron chi connectivity index (χ1n) is 5.54. The topological polar surface area (TPSA) is 49.3 Å². The van der Waals surface area contributed by atoms with Crippen molar-refractivity contribution < 1.29 is 9.90 Å². The number of aliphatic carboxylic acids is 1. The van der Waals surface area contributed by atoms with E-state index < -0.39 is 5.97 Å². The minimum atomic E-state index is -0.760. The molecule has 0 radical (unpaired) electrons. The molecule has 1 unspecified atom stereocenters. The molecule has 0 saturated heterocycles. The quantitative estimate of drug-likeness (QED) is 0.802.